The molecule has 1 saturated heterocycles. The predicted molar refractivity (Wildman–Crippen MR) is 143 cm³/mol. The van der Waals surface area contributed by atoms with Crippen LogP contribution in [-0.2, 0) is 10.2 Å². The second-order valence-corrected chi connectivity index (χ2v) is 11.6. The number of amides is 1. The van der Waals surface area contributed by atoms with E-state index in [1.807, 2.05) is 36.2 Å². The molecule has 5 atom stereocenters. The van der Waals surface area contributed by atoms with E-state index in [0.717, 1.165) is 34.4 Å². The first-order valence-corrected chi connectivity index (χ1v) is 13.3. The number of piperidine rings is 1. The standard InChI is InChI=1S/C31H33NO2S/c1-5-22-10-9-13-24(16-22)26-17-27(35-20-26)30(3)18-21(2)32(4)29(33)28(30)31(34)15-14-25(19-31)23-11-7-6-8-12-23/h1,6-13,16-17,20-21,25,28,34H,14-15,18-19H2,2-4H3/t21-,25?,28?,30-,31?/m1/s1. The second kappa shape index (κ2) is 8.97. The van der Waals surface area contributed by atoms with Crippen LogP contribution in [0, 0.1) is 18.3 Å². The highest BCUT2D eigenvalue weighted by Gasteiger charge is 2.59. The number of aliphatic hydroxyl groups is 1. The third-order valence-corrected chi connectivity index (χ3v) is 9.68. The van der Waals surface area contributed by atoms with E-state index < -0.39 is 16.9 Å². The zero-order valence-electron chi connectivity index (χ0n) is 20.7. The van der Waals surface area contributed by atoms with Gasteiger partial charge in [0.15, 0.2) is 0 Å². The molecule has 0 spiro atoms. The summed E-state index contributed by atoms with van der Waals surface area (Å²) in [6, 6.07) is 20.8. The highest BCUT2D eigenvalue weighted by atomic mass is 32.1. The normalized spacial score (nSPS) is 30.9. The SMILES string of the molecule is C#Cc1cccc(-c2csc([C@@]3(C)C[C@@H](C)N(C)C(=O)C3C3(O)CCC(c4ccccc4)C3)c2)c1. The lowest BCUT2D eigenvalue weighted by Crippen LogP contribution is -2.62. The number of likely N-dealkylation sites (tertiary alicyclic amines) is 1. The molecule has 5 rings (SSSR count). The zero-order valence-corrected chi connectivity index (χ0v) is 21.5. The van der Waals surface area contributed by atoms with E-state index in [4.69, 9.17) is 6.42 Å². The van der Waals surface area contributed by atoms with E-state index in [1.54, 1.807) is 11.3 Å². The number of thiophene rings is 1. The first-order valence-electron chi connectivity index (χ1n) is 12.5. The predicted octanol–water partition coefficient (Wildman–Crippen LogP) is 6.22. The van der Waals surface area contributed by atoms with Crippen molar-refractivity contribution in [1.82, 2.24) is 4.90 Å². The summed E-state index contributed by atoms with van der Waals surface area (Å²) < 4.78 is 0. The van der Waals surface area contributed by atoms with E-state index in [2.05, 4.69) is 61.5 Å². The Morgan fingerprint density at radius 3 is 2.60 bits per heavy atom. The maximum absolute atomic E-state index is 13.9. The number of hydrogen-bond donors (Lipinski definition) is 1. The average molecular weight is 484 g/mol. The number of terminal acetylenes is 1. The molecule has 1 aliphatic heterocycles. The summed E-state index contributed by atoms with van der Waals surface area (Å²) in [7, 11) is 1.89. The van der Waals surface area contributed by atoms with Crippen molar-refractivity contribution in [2.75, 3.05) is 7.05 Å². The molecule has 180 valence electrons. The van der Waals surface area contributed by atoms with Gasteiger partial charge in [0.05, 0.1) is 11.5 Å². The van der Waals surface area contributed by atoms with Gasteiger partial charge in [-0.15, -0.1) is 17.8 Å². The molecule has 4 heteroatoms. The first kappa shape index (κ1) is 23.9. The van der Waals surface area contributed by atoms with Crippen molar-refractivity contribution in [2.24, 2.45) is 5.92 Å². The molecule has 2 aliphatic rings. The molecule has 1 aliphatic carbocycles. The first-order chi connectivity index (χ1) is 16.7. The van der Waals surface area contributed by atoms with E-state index in [1.165, 1.54) is 5.56 Å². The van der Waals surface area contributed by atoms with Crippen molar-refractivity contribution in [1.29, 1.82) is 0 Å². The van der Waals surface area contributed by atoms with Crippen LogP contribution >= 0.6 is 11.3 Å². The molecule has 0 bridgehead atoms. The van der Waals surface area contributed by atoms with Crippen molar-refractivity contribution < 1.29 is 9.90 Å². The van der Waals surface area contributed by atoms with Crippen molar-refractivity contribution in [3.8, 4) is 23.5 Å². The van der Waals surface area contributed by atoms with Crippen molar-refractivity contribution in [3.05, 3.63) is 82.0 Å². The van der Waals surface area contributed by atoms with Gasteiger partial charge in [-0.3, -0.25) is 4.79 Å². The van der Waals surface area contributed by atoms with E-state index in [-0.39, 0.29) is 17.9 Å². The lowest BCUT2D eigenvalue weighted by molar-refractivity contribution is -0.159. The maximum Gasteiger partial charge on any atom is 0.229 e. The Morgan fingerprint density at radius 2 is 1.86 bits per heavy atom. The van der Waals surface area contributed by atoms with Crippen LogP contribution in [0.25, 0.3) is 11.1 Å². The minimum absolute atomic E-state index is 0.0618. The quantitative estimate of drug-likeness (QED) is 0.448. The highest BCUT2D eigenvalue weighted by molar-refractivity contribution is 7.10. The van der Waals surface area contributed by atoms with E-state index in [9.17, 15) is 9.90 Å². The van der Waals surface area contributed by atoms with Gasteiger partial charge in [-0.05, 0) is 78.8 Å². The summed E-state index contributed by atoms with van der Waals surface area (Å²) in [5, 5.41) is 14.3. The molecule has 2 fully saturated rings. The molecule has 0 radical (unpaired) electrons. The van der Waals surface area contributed by atoms with Gasteiger partial charge in [-0.25, -0.2) is 0 Å². The molecule has 1 N–H and O–H groups in total. The summed E-state index contributed by atoms with van der Waals surface area (Å²) in [5.74, 6) is 2.57. The Hall–Kier alpha value is -2.87. The second-order valence-electron chi connectivity index (χ2n) is 10.7. The Morgan fingerprint density at radius 1 is 1.09 bits per heavy atom. The lowest BCUT2D eigenvalue weighted by atomic mass is 9.61. The van der Waals surface area contributed by atoms with Gasteiger partial charge in [0.1, 0.15) is 0 Å². The molecule has 3 unspecified atom stereocenters. The van der Waals surface area contributed by atoms with Gasteiger partial charge < -0.3 is 10.0 Å². The molecule has 2 aromatic carbocycles. The molecular formula is C31H33NO2S. The maximum atomic E-state index is 13.9. The lowest BCUT2D eigenvalue weighted by Gasteiger charge is -2.52. The molecule has 3 nitrogen and oxygen atoms in total. The number of nitrogens with zero attached hydrogens (tertiary/aromatic N) is 1. The van der Waals surface area contributed by atoms with Gasteiger partial charge in [-0.1, -0.05) is 55.3 Å². The monoisotopic (exact) mass is 483 g/mol. The molecule has 1 aromatic heterocycles. The van der Waals surface area contributed by atoms with Crippen molar-refractivity contribution in [3.63, 3.8) is 0 Å². The molecule has 1 saturated carbocycles. The molecule has 1 amide bonds. The number of hydrogen-bond acceptors (Lipinski definition) is 3. The van der Waals surface area contributed by atoms with Crippen LogP contribution in [0.5, 0.6) is 0 Å². The highest BCUT2D eigenvalue weighted by Crippen LogP contribution is 2.55. The largest absolute Gasteiger partial charge is 0.389 e. The minimum Gasteiger partial charge on any atom is -0.389 e. The van der Waals surface area contributed by atoms with Gasteiger partial charge in [0.2, 0.25) is 5.91 Å². The van der Waals surface area contributed by atoms with Gasteiger partial charge in [0.25, 0.3) is 0 Å². The van der Waals surface area contributed by atoms with Gasteiger partial charge >= 0.3 is 0 Å². The van der Waals surface area contributed by atoms with Crippen LogP contribution in [0.1, 0.15) is 61.5 Å². The summed E-state index contributed by atoms with van der Waals surface area (Å²) in [6.45, 7) is 4.31. The average Bonchev–Trinajstić information content (AvgIpc) is 3.52. The summed E-state index contributed by atoms with van der Waals surface area (Å²) >= 11 is 1.69. The topological polar surface area (TPSA) is 40.5 Å². The summed E-state index contributed by atoms with van der Waals surface area (Å²) in [5.41, 5.74) is 2.82. The summed E-state index contributed by atoms with van der Waals surface area (Å²) in [4.78, 5) is 16.9. The van der Waals surface area contributed by atoms with Crippen molar-refractivity contribution in [2.45, 2.75) is 62.5 Å². The number of benzene rings is 2. The van der Waals surface area contributed by atoms with Gasteiger partial charge in [-0.2, -0.15) is 0 Å². The molecule has 35 heavy (non-hydrogen) atoms. The van der Waals surface area contributed by atoms with Crippen LogP contribution in [0.2, 0.25) is 0 Å². The summed E-state index contributed by atoms with van der Waals surface area (Å²) in [6.07, 6.45) is 8.60. The Kier molecular flexibility index (Phi) is 6.11. The molecular weight excluding hydrogens is 450 g/mol. The van der Waals surface area contributed by atoms with E-state index >= 15 is 0 Å². The van der Waals surface area contributed by atoms with Crippen LogP contribution in [0.15, 0.2) is 66.0 Å². The Balaban J connectivity index is 1.53. The fourth-order valence-electron chi connectivity index (χ4n) is 6.53. The Bertz CT molecular complexity index is 1270. The van der Waals surface area contributed by atoms with E-state index in [0.29, 0.717) is 12.8 Å². The van der Waals surface area contributed by atoms with Crippen LogP contribution in [0.4, 0.5) is 0 Å². The smallest absolute Gasteiger partial charge is 0.229 e. The third-order valence-electron chi connectivity index (χ3n) is 8.47. The number of carbonyl (C=O) groups is 1. The Labute approximate surface area is 212 Å². The zero-order chi connectivity index (χ0) is 24.8. The number of carbonyl (C=O) groups excluding carboxylic acids is 1. The van der Waals surface area contributed by atoms with Crippen LogP contribution < -0.4 is 0 Å². The third kappa shape index (κ3) is 4.11. The number of rotatable bonds is 4. The fraction of sp³-hybridized carbons (Fsp3) is 0.387. The van der Waals surface area contributed by atoms with Crippen LogP contribution in [0.3, 0.4) is 0 Å². The molecule has 3 aromatic rings. The van der Waals surface area contributed by atoms with Crippen LogP contribution in [-0.4, -0.2) is 34.6 Å². The van der Waals surface area contributed by atoms with Crippen molar-refractivity contribution >= 4 is 17.2 Å². The van der Waals surface area contributed by atoms with Gasteiger partial charge in [0, 0.05) is 28.9 Å². The minimum atomic E-state index is -1.03. The molecule has 2 heterocycles. The fourth-order valence-corrected chi connectivity index (χ4v) is 7.65.